The van der Waals surface area contributed by atoms with E-state index in [0.717, 1.165) is 6.07 Å². The number of aromatic amines is 1. The molecule has 27 heavy (non-hydrogen) atoms. The highest BCUT2D eigenvalue weighted by Gasteiger charge is 2.35. The smallest absolute Gasteiger partial charge is 0.416 e. The van der Waals surface area contributed by atoms with Gasteiger partial charge in [-0.3, -0.25) is 5.10 Å². The number of aromatic nitrogens is 2. The van der Waals surface area contributed by atoms with E-state index in [-0.39, 0.29) is 5.56 Å². The predicted molar refractivity (Wildman–Crippen MR) is 95.0 cm³/mol. The fraction of sp³-hybridized carbons (Fsp3) is 0.211. The molecule has 0 fully saturated rings. The number of halogens is 3. The number of hydrogen-bond donors (Lipinski definition) is 2. The van der Waals surface area contributed by atoms with Crippen LogP contribution in [0.25, 0.3) is 0 Å². The summed E-state index contributed by atoms with van der Waals surface area (Å²) in [7, 11) is 2.97. The molecule has 0 aliphatic rings. The quantitative estimate of drug-likeness (QED) is 0.657. The average Bonchev–Trinajstić information content (AvgIpc) is 3.19. The van der Waals surface area contributed by atoms with Crippen molar-refractivity contribution in [2.75, 3.05) is 19.5 Å². The van der Waals surface area contributed by atoms with Crippen molar-refractivity contribution in [1.29, 1.82) is 0 Å². The number of H-pyrrole nitrogens is 1. The largest absolute Gasteiger partial charge is 0.493 e. The van der Waals surface area contributed by atoms with Crippen LogP contribution >= 0.6 is 0 Å². The summed E-state index contributed by atoms with van der Waals surface area (Å²) >= 11 is 0. The van der Waals surface area contributed by atoms with E-state index in [0.29, 0.717) is 22.7 Å². The summed E-state index contributed by atoms with van der Waals surface area (Å²) in [5.41, 5.74) is 0.415. The second-order valence-corrected chi connectivity index (χ2v) is 5.74. The van der Waals surface area contributed by atoms with Crippen molar-refractivity contribution in [2.24, 2.45) is 0 Å². The highest BCUT2D eigenvalue weighted by Crippen LogP contribution is 2.41. The minimum Gasteiger partial charge on any atom is -0.493 e. The predicted octanol–water partition coefficient (Wildman–Crippen LogP) is 4.65. The lowest BCUT2D eigenvalue weighted by Crippen LogP contribution is -2.18. The topological polar surface area (TPSA) is 59.2 Å². The molecule has 0 saturated heterocycles. The van der Waals surface area contributed by atoms with Crippen molar-refractivity contribution >= 4 is 5.69 Å². The van der Waals surface area contributed by atoms with Crippen molar-refractivity contribution in [3.8, 4) is 11.5 Å². The van der Waals surface area contributed by atoms with Crippen molar-refractivity contribution in [2.45, 2.75) is 12.2 Å². The Morgan fingerprint density at radius 2 is 1.81 bits per heavy atom. The fourth-order valence-corrected chi connectivity index (χ4v) is 2.92. The minimum atomic E-state index is -4.49. The van der Waals surface area contributed by atoms with Crippen molar-refractivity contribution < 1.29 is 22.6 Å². The van der Waals surface area contributed by atoms with E-state index in [1.807, 2.05) is 0 Å². The summed E-state index contributed by atoms with van der Waals surface area (Å²) < 4.78 is 51.3. The van der Waals surface area contributed by atoms with Gasteiger partial charge in [0.2, 0.25) is 0 Å². The number of nitrogens with zero attached hydrogens (tertiary/aromatic N) is 1. The number of anilines is 1. The zero-order valence-corrected chi connectivity index (χ0v) is 14.7. The molecule has 8 heteroatoms. The second kappa shape index (κ2) is 7.61. The molecule has 1 unspecified atom stereocenters. The number of benzene rings is 2. The molecule has 0 aliphatic heterocycles. The van der Waals surface area contributed by atoms with Gasteiger partial charge in [0, 0.05) is 11.8 Å². The Kier molecular flexibility index (Phi) is 5.25. The van der Waals surface area contributed by atoms with Crippen molar-refractivity contribution in [3.05, 3.63) is 71.5 Å². The van der Waals surface area contributed by atoms with Crippen LogP contribution in [0.3, 0.4) is 0 Å². The summed E-state index contributed by atoms with van der Waals surface area (Å²) in [6, 6.07) is 9.79. The molecule has 3 aromatic rings. The number of alkyl halides is 3. The zero-order valence-electron chi connectivity index (χ0n) is 14.7. The van der Waals surface area contributed by atoms with Crippen LogP contribution in [0.1, 0.15) is 22.7 Å². The molecule has 3 rings (SSSR count). The van der Waals surface area contributed by atoms with Gasteiger partial charge in [-0.25, -0.2) is 0 Å². The maximum atomic E-state index is 13.6. The van der Waals surface area contributed by atoms with Crippen LogP contribution in [0.2, 0.25) is 0 Å². The molecule has 1 heterocycles. The molecule has 1 aromatic heterocycles. The number of rotatable bonds is 6. The third-order valence-electron chi connectivity index (χ3n) is 4.13. The molecule has 2 aromatic carbocycles. The molecule has 1 atom stereocenters. The zero-order chi connectivity index (χ0) is 19.4. The van der Waals surface area contributed by atoms with Crippen molar-refractivity contribution in [3.63, 3.8) is 0 Å². The Morgan fingerprint density at radius 1 is 1.04 bits per heavy atom. The molecule has 0 saturated carbocycles. The Hall–Kier alpha value is -3.16. The summed E-state index contributed by atoms with van der Waals surface area (Å²) in [5, 5.41) is 9.66. The maximum absolute atomic E-state index is 13.6. The van der Waals surface area contributed by atoms with E-state index in [1.54, 1.807) is 30.5 Å². The lowest BCUT2D eigenvalue weighted by molar-refractivity contribution is -0.138. The average molecular weight is 377 g/mol. The monoisotopic (exact) mass is 377 g/mol. The van der Waals surface area contributed by atoms with Gasteiger partial charge in [-0.15, -0.1) is 0 Å². The first-order chi connectivity index (χ1) is 13.0. The van der Waals surface area contributed by atoms with Gasteiger partial charge in [-0.1, -0.05) is 24.3 Å². The molecule has 0 spiro atoms. The molecule has 142 valence electrons. The van der Waals surface area contributed by atoms with E-state index >= 15 is 0 Å². The van der Waals surface area contributed by atoms with E-state index in [9.17, 15) is 13.2 Å². The summed E-state index contributed by atoms with van der Waals surface area (Å²) in [4.78, 5) is 0. The van der Waals surface area contributed by atoms with Gasteiger partial charge in [0.05, 0.1) is 37.7 Å². The van der Waals surface area contributed by atoms with Crippen LogP contribution in [0, 0.1) is 0 Å². The number of hydrogen-bond acceptors (Lipinski definition) is 4. The van der Waals surface area contributed by atoms with Crippen LogP contribution in [0.15, 0.2) is 54.9 Å². The molecule has 0 amide bonds. The Labute approximate surface area is 154 Å². The third-order valence-corrected chi connectivity index (χ3v) is 4.13. The van der Waals surface area contributed by atoms with E-state index in [4.69, 9.17) is 9.47 Å². The molecule has 2 N–H and O–H groups in total. The van der Waals surface area contributed by atoms with Crippen LogP contribution in [0.4, 0.5) is 18.9 Å². The highest BCUT2D eigenvalue weighted by atomic mass is 19.4. The Morgan fingerprint density at radius 3 is 2.44 bits per heavy atom. The molecular formula is C19H18F3N3O2. The summed E-state index contributed by atoms with van der Waals surface area (Å²) in [6.45, 7) is 0. The van der Waals surface area contributed by atoms with Gasteiger partial charge < -0.3 is 14.8 Å². The number of nitrogens with one attached hydrogen (secondary N) is 2. The van der Waals surface area contributed by atoms with Crippen molar-refractivity contribution in [1.82, 2.24) is 10.2 Å². The lowest BCUT2D eigenvalue weighted by atomic mass is 9.95. The van der Waals surface area contributed by atoms with E-state index < -0.39 is 17.8 Å². The first-order valence-corrected chi connectivity index (χ1v) is 8.08. The number of methoxy groups -OCH3 is 2. The Balaban J connectivity index is 2.11. The fourth-order valence-electron chi connectivity index (χ4n) is 2.92. The molecule has 0 aliphatic carbocycles. The molecule has 5 nitrogen and oxygen atoms in total. The first-order valence-electron chi connectivity index (χ1n) is 8.08. The molecular weight excluding hydrogens is 359 g/mol. The van der Waals surface area contributed by atoms with Gasteiger partial charge >= 0.3 is 6.18 Å². The van der Waals surface area contributed by atoms with E-state index in [2.05, 4.69) is 15.5 Å². The number of ether oxygens (including phenoxy) is 2. The van der Waals surface area contributed by atoms with Gasteiger partial charge in [0.1, 0.15) is 0 Å². The SMILES string of the molecule is COc1cccc(NC(c2cn[nH]c2)c2ccccc2C(F)(F)F)c1OC. The molecule has 0 radical (unpaired) electrons. The van der Waals surface area contributed by atoms with Crippen LogP contribution in [-0.4, -0.2) is 24.4 Å². The summed E-state index contributed by atoms with van der Waals surface area (Å²) in [6.07, 6.45) is -1.45. The third kappa shape index (κ3) is 3.84. The van der Waals surface area contributed by atoms with Crippen LogP contribution in [-0.2, 0) is 6.18 Å². The van der Waals surface area contributed by atoms with Crippen LogP contribution in [0.5, 0.6) is 11.5 Å². The van der Waals surface area contributed by atoms with Gasteiger partial charge in [0.25, 0.3) is 0 Å². The van der Waals surface area contributed by atoms with Crippen LogP contribution < -0.4 is 14.8 Å². The normalized spacial score (nSPS) is 12.5. The van der Waals surface area contributed by atoms with Gasteiger partial charge in [-0.05, 0) is 23.8 Å². The van der Waals surface area contributed by atoms with E-state index in [1.165, 1.54) is 32.5 Å². The Bertz CT molecular complexity index is 895. The summed E-state index contributed by atoms with van der Waals surface area (Å²) in [5.74, 6) is 0.871. The lowest BCUT2D eigenvalue weighted by Gasteiger charge is -2.24. The van der Waals surface area contributed by atoms with Gasteiger partial charge in [-0.2, -0.15) is 18.3 Å². The van der Waals surface area contributed by atoms with Gasteiger partial charge in [0.15, 0.2) is 11.5 Å². The maximum Gasteiger partial charge on any atom is 0.416 e. The number of para-hydroxylation sites is 1. The highest BCUT2D eigenvalue weighted by molar-refractivity contribution is 5.65. The second-order valence-electron chi connectivity index (χ2n) is 5.74. The first kappa shape index (κ1) is 18.6. The standard InChI is InChI=1S/C19H18F3N3O2/c1-26-16-9-5-8-15(18(16)27-2)25-17(12-10-23-24-11-12)13-6-3-4-7-14(13)19(20,21)22/h3-11,17,25H,1-2H3,(H,23,24). The molecule has 0 bridgehead atoms. The minimum absolute atomic E-state index is 0.0799.